The fourth-order valence-electron chi connectivity index (χ4n) is 6.58. The number of nitrogens with one attached hydrogen (secondary N) is 1. The summed E-state index contributed by atoms with van der Waals surface area (Å²) in [5.74, 6) is 0. The molecule has 0 unspecified atom stereocenters. The van der Waals surface area contributed by atoms with E-state index in [1.165, 1.54) is 55.3 Å². The van der Waals surface area contributed by atoms with E-state index in [9.17, 15) is 0 Å². The van der Waals surface area contributed by atoms with E-state index in [1.54, 1.807) is 0 Å². The van der Waals surface area contributed by atoms with Gasteiger partial charge in [0.1, 0.15) is 0 Å². The Morgan fingerprint density at radius 2 is 1.08 bits per heavy atom. The molecule has 1 N–H and O–H groups in total. The number of benzene rings is 6. The Kier molecular flexibility index (Phi) is 3.93. The van der Waals surface area contributed by atoms with Gasteiger partial charge in [-0.05, 0) is 74.0 Å². The third kappa shape index (κ3) is 2.50. The molecule has 6 aromatic rings. The van der Waals surface area contributed by atoms with Crippen LogP contribution in [0.5, 0.6) is 0 Å². The number of anilines is 2. The molecule has 8 rings (SSSR count). The van der Waals surface area contributed by atoms with Crippen molar-refractivity contribution in [1.82, 2.24) is 0 Å². The van der Waals surface area contributed by atoms with Crippen molar-refractivity contribution >= 4 is 22.1 Å². The second-order valence-corrected chi connectivity index (χ2v) is 9.83. The fraction of sp³-hybridized carbons (Fsp3) is 0.0286. The standard InChI is InChI=1S/C35H23N/c1-4-16-32-28(12-1)29-13-2-5-17-33(29)35(32)24-10-8-11-26(21-24)36-34-18-6-3-14-30(34)27-15-7-9-23-19-20-25(35)22-31(23)27/h1-22,36H. The third-order valence-corrected chi connectivity index (χ3v) is 8.06. The zero-order chi connectivity index (χ0) is 23.7. The molecule has 6 aromatic carbocycles. The summed E-state index contributed by atoms with van der Waals surface area (Å²) in [7, 11) is 0. The molecule has 1 aliphatic heterocycles. The van der Waals surface area contributed by atoms with Crippen molar-refractivity contribution in [2.45, 2.75) is 5.41 Å². The van der Waals surface area contributed by atoms with E-state index < -0.39 is 5.41 Å². The normalized spacial score (nSPS) is 14.0. The monoisotopic (exact) mass is 457 g/mol. The highest BCUT2D eigenvalue weighted by Crippen LogP contribution is 2.57. The predicted molar refractivity (Wildman–Crippen MR) is 150 cm³/mol. The van der Waals surface area contributed by atoms with E-state index in [0.717, 1.165) is 11.4 Å². The maximum atomic E-state index is 3.77. The van der Waals surface area contributed by atoms with Gasteiger partial charge in [0, 0.05) is 16.9 Å². The van der Waals surface area contributed by atoms with Crippen molar-refractivity contribution in [1.29, 1.82) is 0 Å². The lowest BCUT2D eigenvalue weighted by Gasteiger charge is -2.34. The smallest absolute Gasteiger partial charge is 0.0714 e. The molecule has 0 fully saturated rings. The first-order valence-electron chi connectivity index (χ1n) is 12.5. The van der Waals surface area contributed by atoms with Crippen LogP contribution in [0.3, 0.4) is 0 Å². The molecule has 1 heterocycles. The van der Waals surface area contributed by atoms with Gasteiger partial charge in [0.05, 0.1) is 5.41 Å². The summed E-state index contributed by atoms with van der Waals surface area (Å²) in [5, 5.41) is 6.30. The molecule has 0 atom stereocenters. The summed E-state index contributed by atoms with van der Waals surface area (Å²) >= 11 is 0. The first kappa shape index (κ1) is 19.7. The van der Waals surface area contributed by atoms with E-state index >= 15 is 0 Å². The molecule has 1 aliphatic carbocycles. The van der Waals surface area contributed by atoms with Gasteiger partial charge in [0.15, 0.2) is 0 Å². The van der Waals surface area contributed by atoms with Crippen molar-refractivity contribution in [3.05, 3.63) is 156 Å². The molecule has 36 heavy (non-hydrogen) atoms. The van der Waals surface area contributed by atoms with Gasteiger partial charge >= 0.3 is 0 Å². The van der Waals surface area contributed by atoms with Crippen LogP contribution in [0.2, 0.25) is 0 Å². The molecular formula is C35H23N. The van der Waals surface area contributed by atoms with E-state index in [1.807, 2.05) is 0 Å². The summed E-state index contributed by atoms with van der Waals surface area (Å²) in [6.45, 7) is 0. The Balaban J connectivity index is 1.59. The van der Waals surface area contributed by atoms with Crippen molar-refractivity contribution in [2.75, 3.05) is 5.32 Å². The first-order chi connectivity index (χ1) is 17.8. The molecule has 0 radical (unpaired) electrons. The quantitative estimate of drug-likeness (QED) is 0.240. The van der Waals surface area contributed by atoms with E-state index in [4.69, 9.17) is 0 Å². The predicted octanol–water partition coefficient (Wildman–Crippen LogP) is 8.93. The van der Waals surface area contributed by atoms with Crippen molar-refractivity contribution in [2.24, 2.45) is 0 Å². The fourth-order valence-corrected chi connectivity index (χ4v) is 6.58. The highest BCUT2D eigenvalue weighted by Gasteiger charge is 2.46. The largest absolute Gasteiger partial charge is 0.355 e. The van der Waals surface area contributed by atoms with Crippen LogP contribution in [0.15, 0.2) is 133 Å². The number of rotatable bonds is 0. The van der Waals surface area contributed by atoms with Crippen LogP contribution in [0.25, 0.3) is 33.0 Å². The van der Waals surface area contributed by atoms with Gasteiger partial charge in [-0.3, -0.25) is 0 Å². The zero-order valence-electron chi connectivity index (χ0n) is 19.7. The third-order valence-electron chi connectivity index (χ3n) is 8.06. The van der Waals surface area contributed by atoms with Crippen LogP contribution >= 0.6 is 0 Å². The average molecular weight is 458 g/mol. The second kappa shape index (κ2) is 7.19. The summed E-state index contributed by atoms with van der Waals surface area (Å²) in [5.41, 5.74) is 12.2. The van der Waals surface area contributed by atoms with Crippen LogP contribution in [0, 0.1) is 0 Å². The van der Waals surface area contributed by atoms with Gasteiger partial charge in [0.25, 0.3) is 0 Å². The van der Waals surface area contributed by atoms with Crippen LogP contribution in [0.4, 0.5) is 11.4 Å². The maximum Gasteiger partial charge on any atom is 0.0714 e. The molecule has 0 saturated heterocycles. The minimum atomic E-state index is -0.400. The number of hydrogen-bond acceptors (Lipinski definition) is 1. The van der Waals surface area contributed by atoms with Crippen LogP contribution < -0.4 is 5.32 Å². The molecule has 1 heteroatoms. The number of fused-ring (bicyclic) bond motifs is 12. The molecule has 0 aromatic heterocycles. The molecule has 1 spiro atoms. The zero-order valence-corrected chi connectivity index (χ0v) is 19.7. The summed E-state index contributed by atoms with van der Waals surface area (Å²) in [6.07, 6.45) is 0. The summed E-state index contributed by atoms with van der Waals surface area (Å²) < 4.78 is 0. The average Bonchev–Trinajstić information content (AvgIpc) is 3.24. The number of para-hydroxylation sites is 1. The lowest BCUT2D eigenvalue weighted by atomic mass is 9.67. The molecular weight excluding hydrogens is 434 g/mol. The molecule has 1 nitrogen and oxygen atoms in total. The Labute approximate surface area is 210 Å². The molecule has 4 bridgehead atoms. The van der Waals surface area contributed by atoms with Crippen LogP contribution in [-0.2, 0) is 5.41 Å². The van der Waals surface area contributed by atoms with Crippen LogP contribution in [0.1, 0.15) is 22.3 Å². The Morgan fingerprint density at radius 3 is 1.89 bits per heavy atom. The topological polar surface area (TPSA) is 12.0 Å². The SMILES string of the molecule is c1cc2cc(c1)C1(c3ccc4cccc(c4c3)-c3ccccc3N2)c2ccccc2-c2ccccc21. The molecule has 168 valence electrons. The lowest BCUT2D eigenvalue weighted by Crippen LogP contribution is -2.28. The Bertz CT molecular complexity index is 1780. The van der Waals surface area contributed by atoms with Crippen molar-refractivity contribution in [3.63, 3.8) is 0 Å². The van der Waals surface area contributed by atoms with Gasteiger partial charge < -0.3 is 5.32 Å². The maximum absolute atomic E-state index is 3.77. The van der Waals surface area contributed by atoms with E-state index in [-0.39, 0.29) is 0 Å². The second-order valence-electron chi connectivity index (χ2n) is 9.83. The van der Waals surface area contributed by atoms with Gasteiger partial charge in [-0.1, -0.05) is 109 Å². The van der Waals surface area contributed by atoms with Crippen LogP contribution in [-0.4, -0.2) is 0 Å². The minimum absolute atomic E-state index is 0.400. The molecule has 2 aliphatic rings. The summed E-state index contributed by atoms with van der Waals surface area (Å²) in [4.78, 5) is 0. The van der Waals surface area contributed by atoms with Gasteiger partial charge in [0.2, 0.25) is 0 Å². The summed E-state index contributed by atoms with van der Waals surface area (Å²) in [6, 6.07) is 49.3. The van der Waals surface area contributed by atoms with E-state index in [0.29, 0.717) is 0 Å². The molecule has 0 saturated carbocycles. The highest BCUT2D eigenvalue weighted by molar-refractivity contribution is 6.01. The van der Waals surface area contributed by atoms with Gasteiger partial charge in [-0.2, -0.15) is 0 Å². The molecule has 0 amide bonds. The first-order valence-corrected chi connectivity index (χ1v) is 12.5. The number of hydrogen-bond donors (Lipinski definition) is 1. The van der Waals surface area contributed by atoms with E-state index in [2.05, 4.69) is 139 Å². The van der Waals surface area contributed by atoms with Gasteiger partial charge in [-0.15, -0.1) is 0 Å². The highest BCUT2D eigenvalue weighted by atomic mass is 14.9. The Hall–Kier alpha value is -4.62. The van der Waals surface area contributed by atoms with Gasteiger partial charge in [-0.25, -0.2) is 0 Å². The Morgan fingerprint density at radius 1 is 0.444 bits per heavy atom. The van der Waals surface area contributed by atoms with Crippen molar-refractivity contribution in [3.8, 4) is 22.3 Å². The van der Waals surface area contributed by atoms with Crippen molar-refractivity contribution < 1.29 is 0 Å². The lowest BCUT2D eigenvalue weighted by molar-refractivity contribution is 0.770. The minimum Gasteiger partial charge on any atom is -0.355 e.